The summed E-state index contributed by atoms with van der Waals surface area (Å²) >= 11 is 0. The molecule has 0 spiro atoms. The smallest absolute Gasteiger partial charge is 0.333 e. The molecule has 0 aliphatic carbocycles. The van der Waals surface area contributed by atoms with Gasteiger partial charge < -0.3 is 20.6 Å². The van der Waals surface area contributed by atoms with Crippen LogP contribution in [0.3, 0.4) is 0 Å². The van der Waals surface area contributed by atoms with Crippen LogP contribution in [-0.2, 0) is 16.0 Å². The van der Waals surface area contributed by atoms with E-state index in [1.54, 1.807) is 6.20 Å². The molecule has 16 heavy (non-hydrogen) atoms. The van der Waals surface area contributed by atoms with E-state index in [9.17, 15) is 4.79 Å². The van der Waals surface area contributed by atoms with Crippen molar-refractivity contribution in [2.24, 2.45) is 5.73 Å². The number of ether oxygens (including phenoxy) is 1. The Kier molecular flexibility index (Phi) is 4.68. The average Bonchev–Trinajstić information content (AvgIpc) is 2.76. The van der Waals surface area contributed by atoms with Crippen LogP contribution in [0.4, 0.5) is 0 Å². The van der Waals surface area contributed by atoms with Crippen LogP contribution in [-0.4, -0.2) is 39.8 Å². The summed E-state index contributed by atoms with van der Waals surface area (Å²) < 4.78 is 5.29. The molecule has 0 unspecified atom stereocenters. The molecule has 0 aromatic carbocycles. The zero-order valence-corrected chi connectivity index (χ0v) is 8.80. The molecule has 4 N–H and O–H groups in total. The Labute approximate surface area is 93.1 Å². The number of rotatable bonds is 7. The first-order valence-electron chi connectivity index (χ1n) is 4.85. The zero-order valence-electron chi connectivity index (χ0n) is 8.80. The topological polar surface area (TPSA) is 101 Å². The van der Waals surface area contributed by atoms with E-state index in [0.29, 0.717) is 5.69 Å². The minimum Gasteiger partial charge on any atom is -0.479 e. The van der Waals surface area contributed by atoms with Crippen molar-refractivity contribution < 1.29 is 14.6 Å². The molecule has 1 aromatic rings. The van der Waals surface area contributed by atoms with Gasteiger partial charge in [-0.1, -0.05) is 6.08 Å². The molecule has 0 fully saturated rings. The van der Waals surface area contributed by atoms with E-state index in [2.05, 4.69) is 16.5 Å². The van der Waals surface area contributed by atoms with Gasteiger partial charge in [-0.3, -0.25) is 0 Å². The molecular weight excluding hydrogens is 210 g/mol. The molecule has 0 radical (unpaired) electrons. The van der Waals surface area contributed by atoms with Gasteiger partial charge in [-0.05, 0) is 0 Å². The third-order valence-corrected chi connectivity index (χ3v) is 2.07. The molecule has 6 heteroatoms. The number of carboxylic acid groups (broad SMARTS) is 1. The number of nitrogens with one attached hydrogen (secondary N) is 1. The number of hydrogen-bond donors (Lipinski definition) is 3. The highest BCUT2D eigenvalue weighted by molar-refractivity contribution is 5.72. The first kappa shape index (κ1) is 12.4. The molecule has 6 nitrogen and oxygen atoms in total. The van der Waals surface area contributed by atoms with Crippen molar-refractivity contribution in [3.05, 3.63) is 30.9 Å². The summed E-state index contributed by atoms with van der Waals surface area (Å²) in [5, 5.41) is 8.98. The number of aromatic amines is 1. The van der Waals surface area contributed by atoms with Crippen LogP contribution < -0.4 is 5.73 Å². The molecular formula is C10H15N3O3. The van der Waals surface area contributed by atoms with Crippen molar-refractivity contribution in [1.82, 2.24) is 9.97 Å². The maximum Gasteiger partial charge on any atom is 0.333 e. The minimum atomic E-state index is -1.03. The maximum atomic E-state index is 11.0. The van der Waals surface area contributed by atoms with E-state index in [0.717, 1.165) is 0 Å². The summed E-state index contributed by atoms with van der Waals surface area (Å²) in [7, 11) is 0. The monoisotopic (exact) mass is 225 g/mol. The highest BCUT2D eigenvalue weighted by Gasteiger charge is 2.22. The van der Waals surface area contributed by atoms with Crippen LogP contribution in [0.25, 0.3) is 0 Å². The summed E-state index contributed by atoms with van der Waals surface area (Å²) in [6.07, 6.45) is 3.35. The number of aromatic nitrogens is 2. The highest BCUT2D eigenvalue weighted by Crippen LogP contribution is 2.06. The number of carboxylic acids is 1. The number of nitrogens with zero attached hydrogens (tertiary/aromatic N) is 1. The van der Waals surface area contributed by atoms with Crippen molar-refractivity contribution in [2.45, 2.75) is 18.6 Å². The van der Waals surface area contributed by atoms with Gasteiger partial charge in [-0.25, -0.2) is 9.78 Å². The van der Waals surface area contributed by atoms with Crippen molar-refractivity contribution in [3.8, 4) is 0 Å². The summed E-state index contributed by atoms with van der Waals surface area (Å²) in [5.74, 6) is -1.03. The predicted molar refractivity (Wildman–Crippen MR) is 57.8 cm³/mol. The molecule has 0 aliphatic heterocycles. The average molecular weight is 225 g/mol. The second-order valence-electron chi connectivity index (χ2n) is 3.25. The summed E-state index contributed by atoms with van der Waals surface area (Å²) in [5.41, 5.74) is 6.10. The second-order valence-corrected chi connectivity index (χ2v) is 3.25. The molecule has 1 aromatic heterocycles. The Morgan fingerprint density at radius 3 is 3.00 bits per heavy atom. The van der Waals surface area contributed by atoms with E-state index in [1.807, 2.05) is 0 Å². The fourth-order valence-electron chi connectivity index (χ4n) is 1.21. The van der Waals surface area contributed by atoms with Crippen LogP contribution in [0.1, 0.15) is 5.69 Å². The van der Waals surface area contributed by atoms with Gasteiger partial charge in [0.1, 0.15) is 0 Å². The van der Waals surface area contributed by atoms with E-state index in [1.165, 1.54) is 12.4 Å². The molecule has 0 saturated heterocycles. The lowest BCUT2D eigenvalue weighted by Crippen LogP contribution is -2.34. The van der Waals surface area contributed by atoms with Crippen molar-refractivity contribution in [2.75, 3.05) is 6.54 Å². The second kappa shape index (κ2) is 6.04. The number of nitrogens with two attached hydrogens (primary N) is 1. The van der Waals surface area contributed by atoms with Crippen LogP contribution in [0.15, 0.2) is 25.2 Å². The number of aliphatic carboxylic acids is 1. The molecule has 0 amide bonds. The fraction of sp³-hybridized carbons (Fsp3) is 0.400. The largest absolute Gasteiger partial charge is 0.479 e. The molecule has 0 aliphatic rings. The van der Waals surface area contributed by atoms with Gasteiger partial charge in [0.05, 0.1) is 12.4 Å². The van der Waals surface area contributed by atoms with Crippen molar-refractivity contribution in [3.63, 3.8) is 0 Å². The molecule has 88 valence electrons. The Morgan fingerprint density at radius 1 is 1.81 bits per heavy atom. The highest BCUT2D eigenvalue weighted by atomic mass is 16.5. The van der Waals surface area contributed by atoms with E-state index in [4.69, 9.17) is 15.6 Å². The van der Waals surface area contributed by atoms with Gasteiger partial charge in [0, 0.05) is 24.9 Å². The molecule has 2 atom stereocenters. The maximum absolute atomic E-state index is 11.0. The lowest BCUT2D eigenvalue weighted by atomic mass is 10.2. The number of hydrogen-bond acceptors (Lipinski definition) is 4. The van der Waals surface area contributed by atoms with Crippen LogP contribution >= 0.6 is 0 Å². The Bertz CT molecular complexity index is 337. The normalized spacial score (nSPS) is 14.3. The summed E-state index contributed by atoms with van der Waals surface area (Å²) in [6.45, 7) is 3.73. The first-order chi connectivity index (χ1) is 7.67. The molecule has 0 saturated carbocycles. The standard InChI is InChI=1S/C10H15N3O3/c1-2-8(4-11)16-9(10(14)15)3-7-5-12-6-13-7/h2,5-6,8-9H,1,3-4,11H2,(H,12,13)(H,14,15)/t8-,9+/m1/s1. The Hall–Kier alpha value is -1.66. The van der Waals surface area contributed by atoms with E-state index in [-0.39, 0.29) is 13.0 Å². The van der Waals surface area contributed by atoms with Gasteiger partial charge in [0.15, 0.2) is 6.10 Å². The van der Waals surface area contributed by atoms with Gasteiger partial charge in [-0.2, -0.15) is 0 Å². The quantitative estimate of drug-likeness (QED) is 0.564. The molecule has 0 bridgehead atoms. The minimum absolute atomic E-state index is 0.205. The van der Waals surface area contributed by atoms with Crippen molar-refractivity contribution >= 4 is 5.97 Å². The Balaban J connectivity index is 2.61. The zero-order chi connectivity index (χ0) is 12.0. The van der Waals surface area contributed by atoms with Crippen LogP contribution in [0.5, 0.6) is 0 Å². The van der Waals surface area contributed by atoms with Crippen LogP contribution in [0.2, 0.25) is 0 Å². The first-order valence-corrected chi connectivity index (χ1v) is 4.85. The fourth-order valence-corrected chi connectivity index (χ4v) is 1.21. The number of H-pyrrole nitrogens is 1. The number of imidazole rings is 1. The third-order valence-electron chi connectivity index (χ3n) is 2.07. The molecule has 1 heterocycles. The lowest BCUT2D eigenvalue weighted by Gasteiger charge is -2.17. The predicted octanol–water partition coefficient (Wildman–Crippen LogP) is -0.0647. The number of carbonyl (C=O) groups is 1. The van der Waals surface area contributed by atoms with Crippen molar-refractivity contribution in [1.29, 1.82) is 0 Å². The van der Waals surface area contributed by atoms with Gasteiger partial charge in [-0.15, -0.1) is 6.58 Å². The van der Waals surface area contributed by atoms with Gasteiger partial charge in [0.25, 0.3) is 0 Å². The van der Waals surface area contributed by atoms with Gasteiger partial charge >= 0.3 is 5.97 Å². The Morgan fingerprint density at radius 2 is 2.56 bits per heavy atom. The summed E-state index contributed by atoms with van der Waals surface area (Å²) in [4.78, 5) is 17.6. The van der Waals surface area contributed by atoms with Gasteiger partial charge in [0.2, 0.25) is 0 Å². The van der Waals surface area contributed by atoms with Crippen LogP contribution in [0, 0.1) is 0 Å². The SMILES string of the molecule is C=C[C@H](CN)O[C@@H](Cc1cnc[nH]1)C(=O)O. The third kappa shape index (κ3) is 3.48. The summed E-state index contributed by atoms with van der Waals surface area (Å²) in [6, 6.07) is 0. The molecule has 1 rings (SSSR count). The lowest BCUT2D eigenvalue weighted by molar-refractivity contribution is -0.152. The van der Waals surface area contributed by atoms with E-state index < -0.39 is 18.2 Å². The van der Waals surface area contributed by atoms with E-state index >= 15 is 0 Å².